The zero-order chi connectivity index (χ0) is 9.23. The Labute approximate surface area is 73.1 Å². The third kappa shape index (κ3) is 8.92. The van der Waals surface area contributed by atoms with Crippen LogP contribution in [0.3, 0.4) is 0 Å². The van der Waals surface area contributed by atoms with Crippen LogP contribution in [-0.4, -0.2) is 19.2 Å². The molecule has 3 heteroatoms. The fraction of sp³-hybridized carbons (Fsp3) is 0.667. The van der Waals surface area contributed by atoms with Gasteiger partial charge in [0.2, 0.25) is 6.08 Å². The number of rotatable bonds is 6. The molecule has 0 rings (SSSR count). The largest absolute Gasteiger partial charge is 0.501 e. The Morgan fingerprint density at radius 1 is 1.50 bits per heavy atom. The molecule has 0 aromatic carbocycles. The highest BCUT2D eigenvalue weighted by Crippen LogP contribution is 1.94. The summed E-state index contributed by atoms with van der Waals surface area (Å²) in [7, 11) is 0. The first kappa shape index (κ1) is 10.9. The number of unbranched alkanes of at least 4 members (excludes halogenated alkanes) is 1. The van der Waals surface area contributed by atoms with E-state index in [1.807, 2.05) is 13.8 Å². The molecule has 0 spiro atoms. The van der Waals surface area contributed by atoms with Gasteiger partial charge in [0.05, 0.1) is 19.4 Å². The van der Waals surface area contributed by atoms with Crippen LogP contribution in [0, 0.1) is 0 Å². The van der Waals surface area contributed by atoms with Crippen LogP contribution in [0.4, 0.5) is 0 Å². The summed E-state index contributed by atoms with van der Waals surface area (Å²) >= 11 is 0. The van der Waals surface area contributed by atoms with Gasteiger partial charge in [-0.2, -0.15) is 0 Å². The van der Waals surface area contributed by atoms with Crippen molar-refractivity contribution in [2.75, 3.05) is 13.2 Å². The van der Waals surface area contributed by atoms with Crippen LogP contribution in [0.2, 0.25) is 0 Å². The second-order valence-electron chi connectivity index (χ2n) is 2.75. The SMILES string of the molecule is CC(C)=COCCCCN=C=O. The number of isocyanates is 1. The first-order chi connectivity index (χ1) is 5.77. The lowest BCUT2D eigenvalue weighted by molar-refractivity contribution is 0.240. The zero-order valence-electron chi connectivity index (χ0n) is 7.67. The first-order valence-corrected chi connectivity index (χ1v) is 4.06. The van der Waals surface area contributed by atoms with Crippen molar-refractivity contribution < 1.29 is 9.53 Å². The molecule has 0 fully saturated rings. The highest BCUT2D eigenvalue weighted by Gasteiger charge is 1.86. The topological polar surface area (TPSA) is 38.7 Å². The molecule has 0 aromatic rings. The van der Waals surface area contributed by atoms with E-state index in [2.05, 4.69) is 4.99 Å². The molecular weight excluding hydrogens is 154 g/mol. The third-order valence-electron chi connectivity index (χ3n) is 1.17. The number of hydrogen-bond acceptors (Lipinski definition) is 3. The second-order valence-corrected chi connectivity index (χ2v) is 2.75. The van der Waals surface area contributed by atoms with Crippen LogP contribution in [0.1, 0.15) is 26.7 Å². The molecule has 0 radical (unpaired) electrons. The molecular formula is C9H15NO2. The normalized spacial score (nSPS) is 8.50. The van der Waals surface area contributed by atoms with Crippen LogP contribution < -0.4 is 0 Å². The summed E-state index contributed by atoms with van der Waals surface area (Å²) in [5.41, 5.74) is 1.15. The van der Waals surface area contributed by atoms with Crippen molar-refractivity contribution in [2.24, 2.45) is 4.99 Å². The van der Waals surface area contributed by atoms with E-state index in [1.165, 1.54) is 6.08 Å². The van der Waals surface area contributed by atoms with Gasteiger partial charge in [0.25, 0.3) is 0 Å². The van der Waals surface area contributed by atoms with Crippen molar-refractivity contribution in [2.45, 2.75) is 26.7 Å². The van der Waals surface area contributed by atoms with Crippen molar-refractivity contribution >= 4 is 6.08 Å². The van der Waals surface area contributed by atoms with Crippen LogP contribution in [0.25, 0.3) is 0 Å². The van der Waals surface area contributed by atoms with Gasteiger partial charge in [0.1, 0.15) is 0 Å². The molecule has 3 nitrogen and oxygen atoms in total. The number of carbonyl (C=O) groups excluding carboxylic acids is 1. The van der Waals surface area contributed by atoms with Crippen LogP contribution >= 0.6 is 0 Å². The molecule has 0 atom stereocenters. The fourth-order valence-electron chi connectivity index (χ4n) is 0.647. The van der Waals surface area contributed by atoms with Gasteiger partial charge in [-0.3, -0.25) is 0 Å². The van der Waals surface area contributed by atoms with Gasteiger partial charge in [-0.25, -0.2) is 9.79 Å². The maximum absolute atomic E-state index is 9.65. The predicted octanol–water partition coefficient (Wildman–Crippen LogP) is 2.04. The highest BCUT2D eigenvalue weighted by molar-refractivity contribution is 5.32. The molecule has 0 aliphatic rings. The molecule has 0 bridgehead atoms. The van der Waals surface area contributed by atoms with E-state index in [9.17, 15) is 4.79 Å². The summed E-state index contributed by atoms with van der Waals surface area (Å²) in [6.07, 6.45) is 5.04. The molecule has 0 saturated carbocycles. The van der Waals surface area contributed by atoms with Crippen molar-refractivity contribution in [3.05, 3.63) is 11.8 Å². The molecule has 0 aromatic heterocycles. The average Bonchev–Trinajstić information content (AvgIpc) is 2.02. The maximum Gasteiger partial charge on any atom is 0.234 e. The van der Waals surface area contributed by atoms with Gasteiger partial charge in [-0.15, -0.1) is 0 Å². The van der Waals surface area contributed by atoms with Crippen molar-refractivity contribution in [3.63, 3.8) is 0 Å². The van der Waals surface area contributed by atoms with Gasteiger partial charge in [-0.1, -0.05) is 0 Å². The number of ether oxygens (including phenoxy) is 1. The minimum Gasteiger partial charge on any atom is -0.501 e. The summed E-state index contributed by atoms with van der Waals surface area (Å²) in [6, 6.07) is 0. The van der Waals surface area contributed by atoms with Crippen LogP contribution in [-0.2, 0) is 9.53 Å². The third-order valence-corrected chi connectivity index (χ3v) is 1.17. The summed E-state index contributed by atoms with van der Waals surface area (Å²) in [6.45, 7) is 5.22. The van der Waals surface area contributed by atoms with E-state index in [0.29, 0.717) is 13.2 Å². The van der Waals surface area contributed by atoms with Crippen LogP contribution in [0.5, 0.6) is 0 Å². The van der Waals surface area contributed by atoms with Gasteiger partial charge in [0, 0.05) is 0 Å². The average molecular weight is 169 g/mol. The lowest BCUT2D eigenvalue weighted by atomic mass is 10.3. The van der Waals surface area contributed by atoms with Gasteiger partial charge >= 0.3 is 0 Å². The fourth-order valence-corrected chi connectivity index (χ4v) is 0.647. The number of nitrogens with zero attached hydrogens (tertiary/aromatic N) is 1. The van der Waals surface area contributed by atoms with Gasteiger partial charge in [0.15, 0.2) is 0 Å². The second kappa shape index (κ2) is 8.02. The van der Waals surface area contributed by atoms with Crippen molar-refractivity contribution in [3.8, 4) is 0 Å². The van der Waals surface area contributed by atoms with E-state index in [0.717, 1.165) is 18.4 Å². The zero-order valence-corrected chi connectivity index (χ0v) is 7.67. The molecule has 0 heterocycles. The Kier molecular flexibility index (Phi) is 7.30. The minimum absolute atomic E-state index is 0.557. The Morgan fingerprint density at radius 2 is 2.25 bits per heavy atom. The maximum atomic E-state index is 9.65. The van der Waals surface area contributed by atoms with Crippen molar-refractivity contribution in [1.29, 1.82) is 0 Å². The van der Waals surface area contributed by atoms with E-state index in [-0.39, 0.29) is 0 Å². The minimum atomic E-state index is 0.557. The van der Waals surface area contributed by atoms with Gasteiger partial charge in [-0.05, 0) is 32.3 Å². The van der Waals surface area contributed by atoms with Crippen LogP contribution in [0.15, 0.2) is 16.8 Å². The molecule has 68 valence electrons. The van der Waals surface area contributed by atoms with E-state index >= 15 is 0 Å². The van der Waals surface area contributed by atoms with E-state index in [1.54, 1.807) is 6.26 Å². The molecule has 0 aliphatic carbocycles. The smallest absolute Gasteiger partial charge is 0.234 e. The summed E-state index contributed by atoms with van der Waals surface area (Å²) < 4.78 is 5.17. The number of aliphatic imine (C=N–C) groups is 1. The lowest BCUT2D eigenvalue weighted by Crippen LogP contribution is -1.90. The summed E-state index contributed by atoms with van der Waals surface area (Å²) in [4.78, 5) is 13.1. The predicted molar refractivity (Wildman–Crippen MR) is 47.6 cm³/mol. The van der Waals surface area contributed by atoms with E-state index in [4.69, 9.17) is 4.74 Å². The monoisotopic (exact) mass is 169 g/mol. The highest BCUT2D eigenvalue weighted by atomic mass is 16.5. The summed E-state index contributed by atoms with van der Waals surface area (Å²) in [5.74, 6) is 0. The molecule has 12 heavy (non-hydrogen) atoms. The molecule has 0 aliphatic heterocycles. The first-order valence-electron chi connectivity index (χ1n) is 4.06. The number of hydrogen-bond donors (Lipinski definition) is 0. The lowest BCUT2D eigenvalue weighted by Gasteiger charge is -1.98. The Hall–Kier alpha value is -1.08. The Morgan fingerprint density at radius 3 is 2.83 bits per heavy atom. The molecule has 0 unspecified atom stereocenters. The van der Waals surface area contributed by atoms with Gasteiger partial charge < -0.3 is 4.74 Å². The Balaban J connectivity index is 3.11. The summed E-state index contributed by atoms with van der Waals surface area (Å²) in [5, 5.41) is 0. The van der Waals surface area contributed by atoms with E-state index < -0.39 is 0 Å². The Bertz CT molecular complexity index is 177. The number of allylic oxidation sites excluding steroid dienone is 1. The quantitative estimate of drug-likeness (QED) is 0.264. The standard InChI is InChI=1S/C9H15NO2/c1-9(2)7-12-6-4-3-5-10-8-11/h7H,3-6H2,1-2H3. The molecule has 0 saturated heterocycles. The molecule has 0 N–H and O–H groups in total. The molecule has 0 amide bonds. The van der Waals surface area contributed by atoms with Crippen molar-refractivity contribution in [1.82, 2.24) is 0 Å².